The van der Waals surface area contributed by atoms with Crippen molar-refractivity contribution < 1.29 is 5.11 Å². The van der Waals surface area contributed by atoms with Crippen molar-refractivity contribution >= 4 is 0 Å². The number of benzene rings is 1. The van der Waals surface area contributed by atoms with Crippen LogP contribution >= 0.6 is 0 Å². The standard InChI is InChI=1S/C17H27O/c1-3-4-5-6-7-8-9-12-16-13-10-11-14-17(16)15(2)18/h10-11,13-15H,3-9,12H2,1-2H3. The largest absolute Gasteiger partial charge is 0.228 e. The molecule has 0 aliphatic carbocycles. The Bertz CT molecular complexity index is 317. The summed E-state index contributed by atoms with van der Waals surface area (Å²) < 4.78 is 0. The van der Waals surface area contributed by atoms with Gasteiger partial charge in [0.2, 0.25) is 0 Å². The van der Waals surface area contributed by atoms with Gasteiger partial charge in [-0.25, -0.2) is 5.11 Å². The van der Waals surface area contributed by atoms with Crippen LogP contribution in [0.3, 0.4) is 0 Å². The van der Waals surface area contributed by atoms with E-state index in [1.807, 2.05) is 18.2 Å². The molecule has 0 heterocycles. The van der Waals surface area contributed by atoms with Gasteiger partial charge in [0.1, 0.15) is 6.10 Å². The Morgan fingerprint density at radius 3 is 2.22 bits per heavy atom. The fraction of sp³-hybridized carbons (Fsp3) is 0.647. The highest BCUT2D eigenvalue weighted by Crippen LogP contribution is 2.20. The van der Waals surface area contributed by atoms with Gasteiger partial charge in [-0.1, -0.05) is 69.7 Å². The van der Waals surface area contributed by atoms with E-state index in [0.29, 0.717) is 0 Å². The molecule has 18 heavy (non-hydrogen) atoms. The first-order valence-corrected chi connectivity index (χ1v) is 7.49. The third-order valence-corrected chi connectivity index (χ3v) is 3.54. The third-order valence-electron chi connectivity index (χ3n) is 3.54. The Kier molecular flexibility index (Phi) is 7.75. The molecule has 0 aliphatic rings. The summed E-state index contributed by atoms with van der Waals surface area (Å²) in [4.78, 5) is 0. The smallest absolute Gasteiger partial charge is 0.115 e. The number of unbranched alkanes of at least 4 members (excludes halogenated alkanes) is 6. The van der Waals surface area contributed by atoms with Crippen molar-refractivity contribution in [3.63, 3.8) is 0 Å². The van der Waals surface area contributed by atoms with Gasteiger partial charge in [0.25, 0.3) is 0 Å². The lowest BCUT2D eigenvalue weighted by Crippen LogP contribution is -1.97. The van der Waals surface area contributed by atoms with Gasteiger partial charge in [-0.2, -0.15) is 0 Å². The third kappa shape index (κ3) is 5.68. The molecule has 1 heteroatoms. The lowest BCUT2D eigenvalue weighted by molar-refractivity contribution is 0.105. The summed E-state index contributed by atoms with van der Waals surface area (Å²) in [6.45, 7) is 3.99. The van der Waals surface area contributed by atoms with Crippen LogP contribution in [0.15, 0.2) is 24.3 Å². The van der Waals surface area contributed by atoms with E-state index in [1.54, 1.807) is 6.92 Å². The Hall–Kier alpha value is -0.820. The molecule has 0 N–H and O–H groups in total. The number of hydrogen-bond donors (Lipinski definition) is 0. The molecule has 1 aromatic rings. The van der Waals surface area contributed by atoms with Crippen LogP contribution < -0.4 is 0 Å². The SMILES string of the molecule is CCCCCCCCCc1ccccc1C(C)[O]. The Morgan fingerprint density at radius 2 is 1.56 bits per heavy atom. The molecule has 0 bridgehead atoms. The fourth-order valence-corrected chi connectivity index (χ4v) is 2.43. The Morgan fingerprint density at radius 1 is 0.944 bits per heavy atom. The second-order valence-corrected chi connectivity index (χ2v) is 5.21. The minimum Gasteiger partial charge on any atom is -0.228 e. The van der Waals surface area contributed by atoms with Gasteiger partial charge in [0.05, 0.1) is 0 Å². The zero-order valence-corrected chi connectivity index (χ0v) is 12.0. The fourth-order valence-electron chi connectivity index (χ4n) is 2.43. The number of aryl methyl sites for hydroxylation is 1. The molecule has 0 saturated carbocycles. The van der Waals surface area contributed by atoms with Gasteiger partial charge in [0, 0.05) is 0 Å². The average Bonchev–Trinajstić information content (AvgIpc) is 2.38. The first-order chi connectivity index (χ1) is 8.75. The minimum absolute atomic E-state index is 0.592. The van der Waals surface area contributed by atoms with Crippen molar-refractivity contribution in [1.29, 1.82) is 0 Å². The van der Waals surface area contributed by atoms with E-state index in [9.17, 15) is 5.11 Å². The topological polar surface area (TPSA) is 19.9 Å². The predicted octanol–water partition coefficient (Wildman–Crippen LogP) is 5.47. The van der Waals surface area contributed by atoms with E-state index < -0.39 is 6.10 Å². The highest BCUT2D eigenvalue weighted by Gasteiger charge is 2.07. The summed E-state index contributed by atoms with van der Waals surface area (Å²) in [6, 6.07) is 8.11. The molecule has 0 amide bonds. The molecule has 0 aromatic heterocycles. The molecule has 1 unspecified atom stereocenters. The molecule has 1 aromatic carbocycles. The monoisotopic (exact) mass is 247 g/mol. The first-order valence-electron chi connectivity index (χ1n) is 7.49. The molecule has 1 radical (unpaired) electrons. The van der Waals surface area contributed by atoms with Crippen molar-refractivity contribution in [2.45, 2.75) is 71.3 Å². The second kappa shape index (κ2) is 9.16. The zero-order chi connectivity index (χ0) is 13.2. The summed E-state index contributed by atoms with van der Waals surface area (Å²) in [7, 11) is 0. The van der Waals surface area contributed by atoms with Crippen LogP contribution in [0.25, 0.3) is 0 Å². The lowest BCUT2D eigenvalue weighted by atomic mass is 9.98. The molecule has 1 nitrogen and oxygen atoms in total. The molecule has 101 valence electrons. The van der Waals surface area contributed by atoms with Crippen LogP contribution in [0, 0.1) is 0 Å². The molecule has 0 aliphatic heterocycles. The van der Waals surface area contributed by atoms with Crippen LogP contribution in [0.2, 0.25) is 0 Å². The summed E-state index contributed by atoms with van der Waals surface area (Å²) in [5, 5.41) is 11.6. The van der Waals surface area contributed by atoms with Gasteiger partial charge in [-0.15, -0.1) is 0 Å². The maximum absolute atomic E-state index is 11.6. The van der Waals surface area contributed by atoms with Crippen molar-refractivity contribution in [3.05, 3.63) is 35.4 Å². The van der Waals surface area contributed by atoms with Gasteiger partial charge in [-0.3, -0.25) is 0 Å². The van der Waals surface area contributed by atoms with Crippen LogP contribution in [-0.4, -0.2) is 0 Å². The van der Waals surface area contributed by atoms with E-state index in [0.717, 1.165) is 12.0 Å². The summed E-state index contributed by atoms with van der Waals surface area (Å²) in [5.74, 6) is 0. The van der Waals surface area contributed by atoms with Crippen molar-refractivity contribution in [1.82, 2.24) is 0 Å². The highest BCUT2D eigenvalue weighted by molar-refractivity contribution is 5.28. The number of rotatable bonds is 9. The summed E-state index contributed by atoms with van der Waals surface area (Å²) in [5.41, 5.74) is 2.25. The zero-order valence-electron chi connectivity index (χ0n) is 12.0. The highest BCUT2D eigenvalue weighted by atomic mass is 16.3. The van der Waals surface area contributed by atoms with Crippen molar-refractivity contribution in [2.24, 2.45) is 0 Å². The normalized spacial score (nSPS) is 12.6. The average molecular weight is 247 g/mol. The van der Waals surface area contributed by atoms with E-state index in [1.165, 1.54) is 50.5 Å². The molecular weight excluding hydrogens is 220 g/mol. The minimum atomic E-state index is -0.592. The van der Waals surface area contributed by atoms with Crippen LogP contribution in [0.1, 0.15) is 76.0 Å². The van der Waals surface area contributed by atoms with Gasteiger partial charge in [0.15, 0.2) is 0 Å². The first kappa shape index (κ1) is 15.2. The summed E-state index contributed by atoms with van der Waals surface area (Å²) >= 11 is 0. The van der Waals surface area contributed by atoms with Gasteiger partial charge in [-0.05, 0) is 30.9 Å². The van der Waals surface area contributed by atoms with E-state index in [-0.39, 0.29) is 0 Å². The molecular formula is C17H27O. The number of hydrogen-bond acceptors (Lipinski definition) is 0. The lowest BCUT2D eigenvalue weighted by Gasteiger charge is -2.10. The van der Waals surface area contributed by atoms with Crippen LogP contribution in [-0.2, 0) is 11.5 Å². The van der Waals surface area contributed by atoms with Crippen molar-refractivity contribution in [3.8, 4) is 0 Å². The molecule has 1 atom stereocenters. The molecule has 0 saturated heterocycles. The van der Waals surface area contributed by atoms with E-state index in [4.69, 9.17) is 0 Å². The predicted molar refractivity (Wildman–Crippen MR) is 77.2 cm³/mol. The second-order valence-electron chi connectivity index (χ2n) is 5.21. The van der Waals surface area contributed by atoms with Gasteiger partial charge < -0.3 is 0 Å². The van der Waals surface area contributed by atoms with Crippen molar-refractivity contribution in [2.75, 3.05) is 0 Å². The quantitative estimate of drug-likeness (QED) is 0.516. The Labute approximate surface area is 112 Å². The maximum atomic E-state index is 11.6. The maximum Gasteiger partial charge on any atom is 0.115 e. The van der Waals surface area contributed by atoms with Gasteiger partial charge >= 0.3 is 0 Å². The molecule has 1 rings (SSSR count). The molecule has 0 spiro atoms. The van der Waals surface area contributed by atoms with Crippen LogP contribution in [0.5, 0.6) is 0 Å². The summed E-state index contributed by atoms with van der Waals surface area (Å²) in [6.07, 6.45) is 9.77. The van der Waals surface area contributed by atoms with Crippen LogP contribution in [0.4, 0.5) is 0 Å². The Balaban J connectivity index is 2.23. The van der Waals surface area contributed by atoms with E-state index >= 15 is 0 Å². The van der Waals surface area contributed by atoms with E-state index in [2.05, 4.69) is 13.0 Å². The molecule has 0 fully saturated rings.